The highest BCUT2D eigenvalue weighted by atomic mass is 16.5. The summed E-state index contributed by atoms with van der Waals surface area (Å²) in [6, 6.07) is 11.0. The number of methoxy groups -OCH3 is 1. The van der Waals surface area contributed by atoms with E-state index in [1.54, 1.807) is 0 Å². The molecule has 0 spiro atoms. The number of ether oxygens (including phenoxy) is 1. The molecule has 1 fully saturated rings. The van der Waals surface area contributed by atoms with E-state index in [2.05, 4.69) is 49.1 Å². The molecule has 1 aromatic carbocycles. The summed E-state index contributed by atoms with van der Waals surface area (Å²) in [4.78, 5) is 2.48. The first-order valence-corrected chi connectivity index (χ1v) is 7.21. The number of piperidine rings is 1. The van der Waals surface area contributed by atoms with Crippen LogP contribution in [0, 0.1) is 5.92 Å². The maximum absolute atomic E-state index is 6.24. The third-order valence-corrected chi connectivity index (χ3v) is 4.26. The Morgan fingerprint density at radius 3 is 2.58 bits per heavy atom. The maximum Gasteiger partial charge on any atom is 0.0724 e. The normalized spacial score (nSPS) is 28.0. The van der Waals surface area contributed by atoms with Crippen LogP contribution in [-0.2, 0) is 4.74 Å². The summed E-state index contributed by atoms with van der Waals surface area (Å²) in [7, 11) is 1.81. The summed E-state index contributed by atoms with van der Waals surface area (Å²) in [6.45, 7) is 6.44. The lowest BCUT2D eigenvalue weighted by atomic mass is 9.91. The molecule has 19 heavy (non-hydrogen) atoms. The number of hydrogen-bond donors (Lipinski definition) is 1. The van der Waals surface area contributed by atoms with Crippen molar-refractivity contribution in [2.75, 3.05) is 20.2 Å². The van der Waals surface area contributed by atoms with Crippen LogP contribution >= 0.6 is 0 Å². The molecular weight excluding hydrogens is 236 g/mol. The minimum Gasteiger partial charge on any atom is -0.380 e. The van der Waals surface area contributed by atoms with Gasteiger partial charge in [0, 0.05) is 25.7 Å². The maximum atomic E-state index is 6.24. The van der Waals surface area contributed by atoms with Crippen LogP contribution in [0.15, 0.2) is 30.3 Å². The molecule has 3 heteroatoms. The van der Waals surface area contributed by atoms with Gasteiger partial charge >= 0.3 is 0 Å². The quantitative estimate of drug-likeness (QED) is 0.905. The number of nitrogens with two attached hydrogens (primary N) is 1. The van der Waals surface area contributed by atoms with Crippen LogP contribution in [0.3, 0.4) is 0 Å². The van der Waals surface area contributed by atoms with Gasteiger partial charge in [0.15, 0.2) is 0 Å². The van der Waals surface area contributed by atoms with Crippen molar-refractivity contribution in [3.8, 4) is 0 Å². The fourth-order valence-electron chi connectivity index (χ4n) is 3.11. The molecule has 0 radical (unpaired) electrons. The van der Waals surface area contributed by atoms with Crippen molar-refractivity contribution in [1.82, 2.24) is 4.90 Å². The first kappa shape index (κ1) is 14.5. The first-order chi connectivity index (χ1) is 9.13. The van der Waals surface area contributed by atoms with Crippen LogP contribution in [-0.4, -0.2) is 37.2 Å². The number of benzene rings is 1. The van der Waals surface area contributed by atoms with Gasteiger partial charge in [0.2, 0.25) is 0 Å². The standard InChI is InChI=1S/C16H26N2O/c1-12-9-10-18(11-15(12)19-3)16(13(2)17)14-7-5-4-6-8-14/h4-8,12-13,15-16H,9-11,17H2,1-3H3. The summed E-state index contributed by atoms with van der Waals surface area (Å²) in [5.74, 6) is 0.630. The molecule has 2 N–H and O–H groups in total. The second-order valence-corrected chi connectivity index (χ2v) is 5.75. The van der Waals surface area contributed by atoms with Crippen LogP contribution in [0.4, 0.5) is 0 Å². The van der Waals surface area contributed by atoms with E-state index in [4.69, 9.17) is 10.5 Å². The number of nitrogens with zero attached hydrogens (tertiary/aromatic N) is 1. The minimum atomic E-state index is 0.119. The van der Waals surface area contributed by atoms with E-state index < -0.39 is 0 Å². The van der Waals surface area contributed by atoms with Crippen molar-refractivity contribution >= 4 is 0 Å². The Hall–Kier alpha value is -0.900. The van der Waals surface area contributed by atoms with Gasteiger partial charge in [-0.25, -0.2) is 0 Å². The molecule has 0 aliphatic carbocycles. The van der Waals surface area contributed by atoms with Gasteiger partial charge in [-0.05, 0) is 31.4 Å². The second kappa shape index (κ2) is 6.51. The molecule has 0 saturated carbocycles. The Bertz CT molecular complexity index is 380. The number of likely N-dealkylation sites (tertiary alicyclic amines) is 1. The van der Waals surface area contributed by atoms with E-state index in [-0.39, 0.29) is 12.1 Å². The van der Waals surface area contributed by atoms with Gasteiger partial charge in [0.05, 0.1) is 6.10 Å². The largest absolute Gasteiger partial charge is 0.380 e. The summed E-state index contributed by atoms with van der Waals surface area (Å²) in [6.07, 6.45) is 1.49. The predicted molar refractivity (Wildman–Crippen MR) is 79.0 cm³/mol. The van der Waals surface area contributed by atoms with E-state index in [0.29, 0.717) is 12.0 Å². The molecular formula is C16H26N2O. The molecule has 0 bridgehead atoms. The lowest BCUT2D eigenvalue weighted by Gasteiger charge is -2.42. The molecule has 1 aliphatic rings. The minimum absolute atomic E-state index is 0.119. The van der Waals surface area contributed by atoms with E-state index in [9.17, 15) is 0 Å². The van der Waals surface area contributed by atoms with Gasteiger partial charge in [0.1, 0.15) is 0 Å². The van der Waals surface area contributed by atoms with Crippen LogP contribution in [0.5, 0.6) is 0 Å². The Kier molecular flexibility index (Phi) is 4.97. The zero-order valence-corrected chi connectivity index (χ0v) is 12.3. The number of hydrogen-bond acceptors (Lipinski definition) is 3. The van der Waals surface area contributed by atoms with Crippen molar-refractivity contribution in [2.24, 2.45) is 11.7 Å². The second-order valence-electron chi connectivity index (χ2n) is 5.75. The Balaban J connectivity index is 2.16. The third-order valence-electron chi connectivity index (χ3n) is 4.26. The van der Waals surface area contributed by atoms with Gasteiger partial charge in [0.25, 0.3) is 0 Å². The van der Waals surface area contributed by atoms with Crippen molar-refractivity contribution in [3.05, 3.63) is 35.9 Å². The number of rotatable bonds is 4. The molecule has 4 unspecified atom stereocenters. The molecule has 0 aromatic heterocycles. The highest BCUT2D eigenvalue weighted by Crippen LogP contribution is 2.29. The molecule has 1 heterocycles. The van der Waals surface area contributed by atoms with E-state index in [0.717, 1.165) is 13.1 Å². The lowest BCUT2D eigenvalue weighted by molar-refractivity contribution is -0.0224. The SMILES string of the molecule is COC1CN(C(c2ccccc2)C(C)N)CCC1C. The first-order valence-electron chi connectivity index (χ1n) is 7.21. The molecule has 4 atom stereocenters. The average Bonchev–Trinajstić information content (AvgIpc) is 2.41. The molecule has 1 saturated heterocycles. The Morgan fingerprint density at radius 2 is 2.00 bits per heavy atom. The van der Waals surface area contributed by atoms with Crippen LogP contribution in [0.1, 0.15) is 31.9 Å². The highest BCUT2D eigenvalue weighted by molar-refractivity contribution is 5.20. The highest BCUT2D eigenvalue weighted by Gasteiger charge is 2.32. The Morgan fingerprint density at radius 1 is 1.32 bits per heavy atom. The molecule has 106 valence electrons. The van der Waals surface area contributed by atoms with E-state index >= 15 is 0 Å². The zero-order valence-electron chi connectivity index (χ0n) is 12.3. The summed E-state index contributed by atoms with van der Waals surface area (Å²) < 4.78 is 5.62. The van der Waals surface area contributed by atoms with Gasteiger partial charge in [-0.3, -0.25) is 4.90 Å². The van der Waals surface area contributed by atoms with Crippen LogP contribution < -0.4 is 5.73 Å². The van der Waals surface area contributed by atoms with Gasteiger partial charge in [-0.1, -0.05) is 37.3 Å². The zero-order chi connectivity index (χ0) is 13.8. The fourth-order valence-corrected chi connectivity index (χ4v) is 3.11. The lowest BCUT2D eigenvalue weighted by Crippen LogP contribution is -2.49. The average molecular weight is 262 g/mol. The molecule has 2 rings (SSSR count). The summed E-state index contributed by atoms with van der Waals surface area (Å²) in [5, 5.41) is 0. The monoisotopic (exact) mass is 262 g/mol. The van der Waals surface area contributed by atoms with E-state index in [1.807, 2.05) is 7.11 Å². The summed E-state index contributed by atoms with van der Waals surface area (Å²) in [5.41, 5.74) is 7.55. The third kappa shape index (κ3) is 3.35. The van der Waals surface area contributed by atoms with Gasteiger partial charge in [-0.2, -0.15) is 0 Å². The molecule has 3 nitrogen and oxygen atoms in total. The smallest absolute Gasteiger partial charge is 0.0724 e. The van der Waals surface area contributed by atoms with E-state index in [1.165, 1.54) is 12.0 Å². The predicted octanol–water partition coefficient (Wildman–Crippen LogP) is 2.43. The van der Waals surface area contributed by atoms with Crippen molar-refractivity contribution < 1.29 is 4.74 Å². The van der Waals surface area contributed by atoms with Crippen molar-refractivity contribution in [1.29, 1.82) is 0 Å². The van der Waals surface area contributed by atoms with Crippen molar-refractivity contribution in [3.63, 3.8) is 0 Å². The fraction of sp³-hybridized carbons (Fsp3) is 0.625. The molecule has 1 aliphatic heterocycles. The Labute approximate surface area is 116 Å². The summed E-state index contributed by atoms with van der Waals surface area (Å²) >= 11 is 0. The van der Waals surface area contributed by atoms with Crippen LogP contribution in [0.2, 0.25) is 0 Å². The molecule has 0 amide bonds. The molecule has 1 aromatic rings. The topological polar surface area (TPSA) is 38.5 Å². The van der Waals surface area contributed by atoms with Crippen molar-refractivity contribution in [2.45, 2.75) is 38.5 Å². The van der Waals surface area contributed by atoms with Crippen LogP contribution in [0.25, 0.3) is 0 Å². The van der Waals surface area contributed by atoms with Gasteiger partial charge < -0.3 is 10.5 Å². The van der Waals surface area contributed by atoms with Gasteiger partial charge in [-0.15, -0.1) is 0 Å².